The van der Waals surface area contributed by atoms with E-state index in [4.69, 9.17) is 10.7 Å². The molecule has 1 fully saturated rings. The topological polar surface area (TPSA) is 38.9 Å². The van der Waals surface area contributed by atoms with Gasteiger partial charge in [-0.15, -0.1) is 11.3 Å². The first-order valence-corrected chi connectivity index (χ1v) is 7.78. The van der Waals surface area contributed by atoms with Gasteiger partial charge in [-0.3, -0.25) is 0 Å². The van der Waals surface area contributed by atoms with Gasteiger partial charge in [0.05, 0.1) is 15.2 Å². The molecule has 0 spiro atoms. The number of aromatic nitrogens is 1. The average Bonchev–Trinajstić information content (AvgIpc) is 2.57. The lowest BCUT2D eigenvalue weighted by Crippen LogP contribution is -2.02. The van der Waals surface area contributed by atoms with Crippen LogP contribution in [0.2, 0.25) is 0 Å². The van der Waals surface area contributed by atoms with E-state index in [9.17, 15) is 0 Å². The molecule has 0 unspecified atom stereocenters. The fourth-order valence-electron chi connectivity index (χ4n) is 2.89. The molecular formula is C15H20N2S. The molecule has 1 aliphatic carbocycles. The van der Waals surface area contributed by atoms with Gasteiger partial charge >= 0.3 is 0 Å². The van der Waals surface area contributed by atoms with Gasteiger partial charge in [0.1, 0.15) is 0 Å². The number of hydrogen-bond donors (Lipinski definition) is 1. The third kappa shape index (κ3) is 2.66. The third-order valence-electron chi connectivity index (χ3n) is 3.89. The smallest absolute Gasteiger partial charge is 0.0941 e. The van der Waals surface area contributed by atoms with Gasteiger partial charge in [-0.1, -0.05) is 38.5 Å². The summed E-state index contributed by atoms with van der Waals surface area (Å²) in [5.41, 5.74) is 7.77. The summed E-state index contributed by atoms with van der Waals surface area (Å²) in [6, 6.07) is 6.03. The molecule has 0 bridgehead atoms. The van der Waals surface area contributed by atoms with Crippen LogP contribution in [0.15, 0.2) is 18.2 Å². The molecule has 1 heterocycles. The van der Waals surface area contributed by atoms with E-state index in [1.54, 1.807) is 0 Å². The molecular weight excluding hydrogens is 240 g/mol. The predicted molar refractivity (Wildman–Crippen MR) is 78.9 cm³/mol. The monoisotopic (exact) mass is 260 g/mol. The highest BCUT2D eigenvalue weighted by Gasteiger charge is 2.15. The van der Waals surface area contributed by atoms with Crippen molar-refractivity contribution >= 4 is 27.2 Å². The lowest BCUT2D eigenvalue weighted by Gasteiger charge is -2.11. The molecule has 1 saturated carbocycles. The summed E-state index contributed by atoms with van der Waals surface area (Å²) in [4.78, 5) is 4.74. The Morgan fingerprint density at radius 3 is 2.72 bits per heavy atom. The number of hydrogen-bond acceptors (Lipinski definition) is 3. The summed E-state index contributed by atoms with van der Waals surface area (Å²) < 4.78 is 1.23. The van der Waals surface area contributed by atoms with Crippen LogP contribution < -0.4 is 5.73 Å². The molecule has 0 amide bonds. The molecule has 3 rings (SSSR count). The maximum atomic E-state index is 5.82. The Labute approximate surface area is 112 Å². The summed E-state index contributed by atoms with van der Waals surface area (Å²) in [5, 5.41) is 1.29. The van der Waals surface area contributed by atoms with Gasteiger partial charge in [-0.2, -0.15) is 0 Å². The molecule has 0 atom stereocenters. The Bertz CT molecular complexity index is 524. The van der Waals surface area contributed by atoms with E-state index >= 15 is 0 Å². The zero-order valence-electron chi connectivity index (χ0n) is 10.7. The fourth-order valence-corrected chi connectivity index (χ4v) is 4.02. The Hall–Kier alpha value is -1.09. The number of nitrogens with two attached hydrogens (primary N) is 1. The van der Waals surface area contributed by atoms with Gasteiger partial charge in [0.2, 0.25) is 0 Å². The Kier molecular flexibility index (Phi) is 3.50. The molecule has 0 radical (unpaired) electrons. The lowest BCUT2D eigenvalue weighted by molar-refractivity contribution is 0.457. The van der Waals surface area contributed by atoms with Crippen LogP contribution in [0.4, 0.5) is 5.69 Å². The Morgan fingerprint density at radius 2 is 1.94 bits per heavy atom. The molecule has 1 aromatic carbocycles. The normalized spacial score (nSPS) is 18.0. The van der Waals surface area contributed by atoms with Crippen LogP contribution in [0.3, 0.4) is 0 Å². The SMILES string of the molecule is Nc1ccc2nc(CC3CCCCCC3)sc2c1. The van der Waals surface area contributed by atoms with Gasteiger partial charge in [-0.25, -0.2) is 4.98 Å². The molecule has 0 saturated heterocycles. The van der Waals surface area contributed by atoms with Crippen LogP contribution in [0.5, 0.6) is 0 Å². The van der Waals surface area contributed by atoms with Crippen molar-refractivity contribution in [1.82, 2.24) is 4.98 Å². The van der Waals surface area contributed by atoms with E-state index in [1.165, 1.54) is 54.7 Å². The van der Waals surface area contributed by atoms with Crippen molar-refractivity contribution in [3.8, 4) is 0 Å². The quantitative estimate of drug-likeness (QED) is 0.642. The van der Waals surface area contributed by atoms with Gasteiger partial charge in [-0.05, 0) is 24.1 Å². The van der Waals surface area contributed by atoms with Crippen molar-refractivity contribution < 1.29 is 0 Å². The lowest BCUT2D eigenvalue weighted by atomic mass is 9.97. The van der Waals surface area contributed by atoms with Crippen LogP contribution in [0.1, 0.15) is 43.5 Å². The standard InChI is InChI=1S/C15H20N2S/c16-12-7-8-13-14(10-12)18-15(17-13)9-11-5-3-1-2-4-6-11/h7-8,10-11H,1-6,9,16H2. The van der Waals surface area contributed by atoms with Crippen molar-refractivity contribution in [1.29, 1.82) is 0 Å². The van der Waals surface area contributed by atoms with Gasteiger partial charge < -0.3 is 5.73 Å². The van der Waals surface area contributed by atoms with Gasteiger partial charge in [0, 0.05) is 12.1 Å². The number of anilines is 1. The van der Waals surface area contributed by atoms with E-state index in [2.05, 4.69) is 0 Å². The molecule has 1 aliphatic rings. The summed E-state index contributed by atoms with van der Waals surface area (Å²) in [6.45, 7) is 0. The summed E-state index contributed by atoms with van der Waals surface area (Å²) in [7, 11) is 0. The van der Waals surface area contributed by atoms with E-state index in [0.717, 1.165) is 17.1 Å². The second-order valence-electron chi connectivity index (χ2n) is 5.40. The number of benzene rings is 1. The zero-order valence-corrected chi connectivity index (χ0v) is 11.5. The van der Waals surface area contributed by atoms with Crippen LogP contribution >= 0.6 is 11.3 Å². The van der Waals surface area contributed by atoms with Crippen LogP contribution in [0.25, 0.3) is 10.2 Å². The second-order valence-corrected chi connectivity index (χ2v) is 6.51. The largest absolute Gasteiger partial charge is 0.399 e. The summed E-state index contributed by atoms with van der Waals surface area (Å²) >= 11 is 1.82. The minimum absolute atomic E-state index is 0.840. The van der Waals surface area contributed by atoms with Crippen LogP contribution in [-0.4, -0.2) is 4.98 Å². The molecule has 0 aliphatic heterocycles. The number of nitrogen functional groups attached to an aromatic ring is 1. The molecule has 2 aromatic rings. The number of nitrogens with zero attached hydrogens (tertiary/aromatic N) is 1. The maximum absolute atomic E-state index is 5.82. The maximum Gasteiger partial charge on any atom is 0.0941 e. The zero-order chi connectivity index (χ0) is 12.4. The molecule has 18 heavy (non-hydrogen) atoms. The Morgan fingerprint density at radius 1 is 1.17 bits per heavy atom. The minimum atomic E-state index is 0.840. The van der Waals surface area contributed by atoms with E-state index in [1.807, 2.05) is 29.5 Å². The first-order chi connectivity index (χ1) is 8.81. The molecule has 2 nitrogen and oxygen atoms in total. The number of fused-ring (bicyclic) bond motifs is 1. The fraction of sp³-hybridized carbons (Fsp3) is 0.533. The first-order valence-electron chi connectivity index (χ1n) is 6.96. The molecule has 2 N–H and O–H groups in total. The Balaban J connectivity index is 1.77. The van der Waals surface area contributed by atoms with E-state index < -0.39 is 0 Å². The summed E-state index contributed by atoms with van der Waals surface area (Å²) in [6.07, 6.45) is 9.60. The average molecular weight is 260 g/mol. The van der Waals surface area contributed by atoms with Crippen molar-refractivity contribution in [2.75, 3.05) is 5.73 Å². The van der Waals surface area contributed by atoms with Crippen molar-refractivity contribution in [2.24, 2.45) is 5.92 Å². The van der Waals surface area contributed by atoms with E-state index in [-0.39, 0.29) is 0 Å². The first kappa shape index (κ1) is 12.0. The highest BCUT2D eigenvalue weighted by Crippen LogP contribution is 2.30. The van der Waals surface area contributed by atoms with Crippen LogP contribution in [-0.2, 0) is 6.42 Å². The number of rotatable bonds is 2. The second kappa shape index (κ2) is 5.27. The van der Waals surface area contributed by atoms with E-state index in [0.29, 0.717) is 0 Å². The van der Waals surface area contributed by atoms with Crippen molar-refractivity contribution in [3.63, 3.8) is 0 Å². The summed E-state index contributed by atoms with van der Waals surface area (Å²) in [5.74, 6) is 0.852. The van der Waals surface area contributed by atoms with Gasteiger partial charge in [0.15, 0.2) is 0 Å². The highest BCUT2D eigenvalue weighted by atomic mass is 32.1. The van der Waals surface area contributed by atoms with Crippen molar-refractivity contribution in [3.05, 3.63) is 23.2 Å². The molecule has 1 aromatic heterocycles. The third-order valence-corrected chi connectivity index (χ3v) is 4.94. The number of thiazole rings is 1. The van der Waals surface area contributed by atoms with Gasteiger partial charge in [0.25, 0.3) is 0 Å². The highest BCUT2D eigenvalue weighted by molar-refractivity contribution is 7.18. The van der Waals surface area contributed by atoms with Crippen molar-refractivity contribution in [2.45, 2.75) is 44.9 Å². The molecule has 3 heteroatoms. The predicted octanol–water partition coefficient (Wildman–Crippen LogP) is 4.39. The molecule has 96 valence electrons. The van der Waals surface area contributed by atoms with Crippen LogP contribution in [0, 0.1) is 5.92 Å². The minimum Gasteiger partial charge on any atom is -0.399 e.